The van der Waals surface area contributed by atoms with E-state index in [-0.39, 0.29) is 5.56 Å². The molecule has 0 aliphatic rings. The molecule has 0 aliphatic carbocycles. The molecule has 0 fully saturated rings. The van der Waals surface area contributed by atoms with Crippen LogP contribution in [0.1, 0.15) is 5.56 Å². The third-order valence-corrected chi connectivity index (χ3v) is 4.84. The molecule has 0 unspecified atom stereocenters. The lowest BCUT2D eigenvalue weighted by molar-refractivity contribution is 0.972. The third-order valence-electron chi connectivity index (χ3n) is 4.15. The summed E-state index contributed by atoms with van der Waals surface area (Å²) in [5.74, 6) is 0.627. The van der Waals surface area contributed by atoms with Gasteiger partial charge in [0.25, 0.3) is 5.56 Å². The maximum Gasteiger partial charge on any atom is 0.266 e. The van der Waals surface area contributed by atoms with E-state index in [0.717, 1.165) is 21.3 Å². The highest BCUT2D eigenvalue weighted by Crippen LogP contribution is 2.28. The molecule has 25 heavy (non-hydrogen) atoms. The second kappa shape index (κ2) is 6.30. The highest BCUT2D eigenvalue weighted by molar-refractivity contribution is 9.10. The van der Waals surface area contributed by atoms with Gasteiger partial charge in [-0.05, 0) is 42.8 Å². The van der Waals surface area contributed by atoms with Gasteiger partial charge in [0.15, 0.2) is 0 Å². The molecule has 1 aromatic heterocycles. The first-order valence-corrected chi connectivity index (χ1v) is 8.78. The molecule has 4 rings (SSSR count). The van der Waals surface area contributed by atoms with Crippen molar-refractivity contribution in [1.29, 1.82) is 0 Å². The molecule has 0 N–H and O–H groups in total. The fourth-order valence-electron chi connectivity index (χ4n) is 2.96. The molecule has 0 saturated carbocycles. The van der Waals surface area contributed by atoms with Crippen LogP contribution in [-0.2, 0) is 0 Å². The topological polar surface area (TPSA) is 34.9 Å². The number of rotatable bonds is 2. The van der Waals surface area contributed by atoms with Crippen LogP contribution >= 0.6 is 15.9 Å². The van der Waals surface area contributed by atoms with Crippen molar-refractivity contribution in [3.63, 3.8) is 0 Å². The predicted molar refractivity (Wildman–Crippen MR) is 105 cm³/mol. The molecule has 4 heteroatoms. The molecule has 0 spiro atoms. The Hall–Kier alpha value is -2.72. The van der Waals surface area contributed by atoms with E-state index in [1.807, 2.05) is 79.7 Å². The first kappa shape index (κ1) is 15.8. The number of para-hydroxylation sites is 1. The van der Waals surface area contributed by atoms with Crippen molar-refractivity contribution in [1.82, 2.24) is 9.55 Å². The van der Waals surface area contributed by atoms with Crippen LogP contribution in [0.15, 0.2) is 82.1 Å². The van der Waals surface area contributed by atoms with Crippen molar-refractivity contribution in [2.75, 3.05) is 0 Å². The zero-order valence-electron chi connectivity index (χ0n) is 13.6. The summed E-state index contributed by atoms with van der Waals surface area (Å²) in [5.41, 5.74) is 3.42. The molecule has 3 nitrogen and oxygen atoms in total. The lowest BCUT2D eigenvalue weighted by Gasteiger charge is -2.15. The van der Waals surface area contributed by atoms with Gasteiger partial charge in [-0.3, -0.25) is 9.36 Å². The number of aryl methyl sites for hydroxylation is 1. The number of nitrogens with zero attached hydrogens (tertiary/aromatic N) is 2. The Morgan fingerprint density at radius 1 is 0.920 bits per heavy atom. The molecule has 0 bridgehead atoms. The summed E-state index contributed by atoms with van der Waals surface area (Å²) in [4.78, 5) is 18.1. The Labute approximate surface area is 153 Å². The molecule has 122 valence electrons. The first-order valence-electron chi connectivity index (χ1n) is 7.99. The minimum atomic E-state index is -0.0676. The van der Waals surface area contributed by atoms with Crippen LogP contribution in [0.25, 0.3) is 28.0 Å². The van der Waals surface area contributed by atoms with Gasteiger partial charge in [-0.1, -0.05) is 58.4 Å². The maximum atomic E-state index is 13.3. The second-order valence-corrected chi connectivity index (χ2v) is 6.77. The average molecular weight is 391 g/mol. The summed E-state index contributed by atoms with van der Waals surface area (Å²) >= 11 is 3.59. The average Bonchev–Trinajstić information content (AvgIpc) is 2.62. The van der Waals surface area contributed by atoms with Gasteiger partial charge in [0.2, 0.25) is 0 Å². The van der Waals surface area contributed by atoms with Crippen molar-refractivity contribution in [3.05, 3.63) is 93.2 Å². The first-order chi connectivity index (χ1) is 12.1. The zero-order chi connectivity index (χ0) is 17.4. The van der Waals surface area contributed by atoms with Crippen LogP contribution in [0.2, 0.25) is 0 Å². The Kier molecular flexibility index (Phi) is 3.98. The molecule has 3 aromatic carbocycles. The van der Waals surface area contributed by atoms with Gasteiger partial charge in [-0.25, -0.2) is 4.98 Å². The second-order valence-electron chi connectivity index (χ2n) is 5.91. The van der Waals surface area contributed by atoms with Gasteiger partial charge < -0.3 is 0 Å². The summed E-state index contributed by atoms with van der Waals surface area (Å²) in [6, 6.07) is 23.2. The smallest absolute Gasteiger partial charge is 0.266 e. The van der Waals surface area contributed by atoms with E-state index in [0.29, 0.717) is 16.7 Å². The largest absolute Gasteiger partial charge is 0.268 e. The van der Waals surface area contributed by atoms with Crippen LogP contribution in [0.3, 0.4) is 0 Å². The molecular weight excluding hydrogens is 376 g/mol. The van der Waals surface area contributed by atoms with Gasteiger partial charge in [0.1, 0.15) is 5.82 Å². The quantitative estimate of drug-likeness (QED) is 0.475. The van der Waals surface area contributed by atoms with Crippen LogP contribution in [-0.4, -0.2) is 9.55 Å². The van der Waals surface area contributed by atoms with Gasteiger partial charge in [0.05, 0.1) is 16.6 Å². The molecule has 0 saturated heterocycles. The molecule has 1 heterocycles. The molecule has 4 aromatic rings. The number of hydrogen-bond acceptors (Lipinski definition) is 2. The van der Waals surface area contributed by atoms with E-state index in [1.54, 1.807) is 4.57 Å². The zero-order valence-corrected chi connectivity index (χ0v) is 15.2. The number of halogens is 1. The van der Waals surface area contributed by atoms with Crippen molar-refractivity contribution < 1.29 is 0 Å². The summed E-state index contributed by atoms with van der Waals surface area (Å²) in [5, 5.41) is 0.611. The number of hydrogen-bond donors (Lipinski definition) is 0. The Bertz CT molecular complexity index is 1150. The number of aromatic nitrogens is 2. The van der Waals surface area contributed by atoms with Gasteiger partial charge in [0, 0.05) is 10.0 Å². The minimum Gasteiger partial charge on any atom is -0.268 e. The molecular formula is C21H15BrN2O. The van der Waals surface area contributed by atoms with E-state index in [9.17, 15) is 4.79 Å². The Morgan fingerprint density at radius 2 is 1.68 bits per heavy atom. The fourth-order valence-corrected chi connectivity index (χ4v) is 3.42. The maximum absolute atomic E-state index is 13.3. The van der Waals surface area contributed by atoms with Gasteiger partial charge >= 0.3 is 0 Å². The normalized spacial score (nSPS) is 11.0. The minimum absolute atomic E-state index is 0.0676. The SMILES string of the molecule is Cc1cccc(-n2c(-c3ccccc3Br)nc3ccccc3c2=O)c1. The van der Waals surface area contributed by atoms with E-state index in [4.69, 9.17) is 4.98 Å². The highest BCUT2D eigenvalue weighted by Gasteiger charge is 2.16. The van der Waals surface area contributed by atoms with E-state index in [2.05, 4.69) is 15.9 Å². The lowest BCUT2D eigenvalue weighted by atomic mass is 10.1. The monoisotopic (exact) mass is 390 g/mol. The molecule has 0 atom stereocenters. The lowest BCUT2D eigenvalue weighted by Crippen LogP contribution is -2.22. The highest BCUT2D eigenvalue weighted by atomic mass is 79.9. The number of benzene rings is 3. The van der Waals surface area contributed by atoms with Crippen LogP contribution in [0.4, 0.5) is 0 Å². The number of fused-ring (bicyclic) bond motifs is 1. The van der Waals surface area contributed by atoms with Crippen LogP contribution in [0.5, 0.6) is 0 Å². The van der Waals surface area contributed by atoms with Crippen LogP contribution in [0, 0.1) is 6.92 Å². The summed E-state index contributed by atoms with van der Waals surface area (Å²) in [6.07, 6.45) is 0. The van der Waals surface area contributed by atoms with Crippen LogP contribution < -0.4 is 5.56 Å². The summed E-state index contributed by atoms with van der Waals surface area (Å²) < 4.78 is 2.59. The summed E-state index contributed by atoms with van der Waals surface area (Å²) in [7, 11) is 0. The third kappa shape index (κ3) is 2.79. The summed E-state index contributed by atoms with van der Waals surface area (Å²) in [6.45, 7) is 2.01. The Balaban J connectivity index is 2.16. The predicted octanol–water partition coefficient (Wildman–Crippen LogP) is 5.12. The van der Waals surface area contributed by atoms with E-state index < -0.39 is 0 Å². The van der Waals surface area contributed by atoms with Crippen molar-refractivity contribution in [2.24, 2.45) is 0 Å². The molecule has 0 amide bonds. The standard InChI is InChI=1S/C21H15BrN2O/c1-14-7-6-8-15(13-14)24-20(16-9-2-4-11-18(16)22)23-19-12-5-3-10-17(19)21(24)25/h2-13H,1H3. The van der Waals surface area contributed by atoms with Crippen molar-refractivity contribution >= 4 is 26.8 Å². The molecule has 0 aliphatic heterocycles. The van der Waals surface area contributed by atoms with Gasteiger partial charge in [-0.15, -0.1) is 0 Å². The molecule has 0 radical (unpaired) electrons. The van der Waals surface area contributed by atoms with Gasteiger partial charge in [-0.2, -0.15) is 0 Å². The van der Waals surface area contributed by atoms with Crippen molar-refractivity contribution in [2.45, 2.75) is 6.92 Å². The Morgan fingerprint density at radius 3 is 2.48 bits per heavy atom. The van der Waals surface area contributed by atoms with E-state index in [1.165, 1.54) is 0 Å². The van der Waals surface area contributed by atoms with Crippen molar-refractivity contribution in [3.8, 4) is 17.1 Å². The van der Waals surface area contributed by atoms with E-state index >= 15 is 0 Å². The fraction of sp³-hybridized carbons (Fsp3) is 0.0476.